The summed E-state index contributed by atoms with van der Waals surface area (Å²) in [5, 5.41) is 7.22. The number of thiocarbonyl (C=S) groups is 1. The van der Waals surface area contributed by atoms with Crippen LogP contribution in [0.15, 0.2) is 47.6 Å². The molecule has 0 heterocycles. The van der Waals surface area contributed by atoms with Crippen LogP contribution in [0.1, 0.15) is 22.3 Å². The number of nitrogens with one attached hydrogen (secondary N) is 2. The smallest absolute Gasteiger partial charge is 0.331 e. The fourth-order valence-electron chi connectivity index (χ4n) is 2.03. The normalized spacial score (nSPS) is 11.5. The van der Waals surface area contributed by atoms with Crippen LogP contribution in [0.4, 0.5) is 18.9 Å². The molecule has 2 N–H and O–H groups in total. The standard InChI is InChI=1S/C17H16F3N3S/c1-11-3-8-15(12(2)9-11)22-16(24)23-21-10-13-4-6-14(7-5-13)17(18,19)20/h3-10H,1-2H3,(H2,22,23,24)/b21-10+. The third-order valence-electron chi connectivity index (χ3n) is 3.25. The lowest BCUT2D eigenvalue weighted by molar-refractivity contribution is -0.137. The first-order valence-corrected chi connectivity index (χ1v) is 7.51. The van der Waals surface area contributed by atoms with Crippen LogP contribution in [0.5, 0.6) is 0 Å². The van der Waals surface area contributed by atoms with Crippen molar-refractivity contribution >= 4 is 29.2 Å². The van der Waals surface area contributed by atoms with Crippen molar-refractivity contribution in [2.24, 2.45) is 5.10 Å². The number of alkyl halides is 3. The average Bonchev–Trinajstić information content (AvgIpc) is 2.50. The molecule has 0 amide bonds. The topological polar surface area (TPSA) is 36.4 Å². The maximum atomic E-state index is 12.5. The Labute approximate surface area is 143 Å². The molecular formula is C17H16F3N3S. The quantitative estimate of drug-likeness (QED) is 0.480. The minimum absolute atomic E-state index is 0.296. The number of hydrogen-bond acceptors (Lipinski definition) is 2. The van der Waals surface area contributed by atoms with Crippen molar-refractivity contribution in [2.75, 3.05) is 5.32 Å². The zero-order valence-corrected chi connectivity index (χ0v) is 13.9. The second kappa shape index (κ2) is 7.44. The molecule has 0 saturated heterocycles. The van der Waals surface area contributed by atoms with E-state index < -0.39 is 11.7 Å². The largest absolute Gasteiger partial charge is 0.416 e. The molecule has 0 radical (unpaired) electrons. The van der Waals surface area contributed by atoms with Crippen LogP contribution in [0.25, 0.3) is 0 Å². The van der Waals surface area contributed by atoms with E-state index in [0.717, 1.165) is 28.9 Å². The molecule has 24 heavy (non-hydrogen) atoms. The Morgan fingerprint density at radius 1 is 1.08 bits per heavy atom. The van der Waals surface area contributed by atoms with Crippen molar-refractivity contribution in [2.45, 2.75) is 20.0 Å². The number of anilines is 1. The minimum atomic E-state index is -4.34. The van der Waals surface area contributed by atoms with Gasteiger partial charge in [0.25, 0.3) is 0 Å². The van der Waals surface area contributed by atoms with Crippen LogP contribution < -0.4 is 10.7 Å². The second-order valence-corrected chi connectivity index (χ2v) is 5.67. The van der Waals surface area contributed by atoms with Gasteiger partial charge in [-0.3, -0.25) is 5.43 Å². The Hall–Kier alpha value is -2.41. The summed E-state index contributed by atoms with van der Waals surface area (Å²) in [5.74, 6) is 0. The fraction of sp³-hybridized carbons (Fsp3) is 0.176. The first-order chi connectivity index (χ1) is 11.3. The van der Waals surface area contributed by atoms with Crippen molar-refractivity contribution in [1.29, 1.82) is 0 Å². The Kier molecular flexibility index (Phi) is 5.56. The summed E-state index contributed by atoms with van der Waals surface area (Å²) in [5.41, 5.74) is 5.53. The summed E-state index contributed by atoms with van der Waals surface area (Å²) >= 11 is 5.13. The number of nitrogens with zero attached hydrogens (tertiary/aromatic N) is 1. The lowest BCUT2D eigenvalue weighted by atomic mass is 10.1. The average molecular weight is 351 g/mol. The van der Waals surface area contributed by atoms with Gasteiger partial charge >= 0.3 is 6.18 Å². The van der Waals surface area contributed by atoms with Gasteiger partial charge < -0.3 is 5.32 Å². The van der Waals surface area contributed by atoms with E-state index in [9.17, 15) is 13.2 Å². The number of aryl methyl sites for hydroxylation is 2. The molecule has 0 unspecified atom stereocenters. The first-order valence-electron chi connectivity index (χ1n) is 7.10. The highest BCUT2D eigenvalue weighted by molar-refractivity contribution is 7.80. The molecule has 0 spiro atoms. The molecule has 7 heteroatoms. The van der Waals surface area contributed by atoms with Crippen LogP contribution in [0.2, 0.25) is 0 Å². The molecule has 0 bridgehead atoms. The van der Waals surface area contributed by atoms with Gasteiger partial charge in [-0.15, -0.1) is 0 Å². The van der Waals surface area contributed by atoms with E-state index in [0.29, 0.717) is 10.7 Å². The van der Waals surface area contributed by atoms with Gasteiger partial charge in [-0.1, -0.05) is 29.8 Å². The van der Waals surface area contributed by atoms with Crippen molar-refractivity contribution < 1.29 is 13.2 Å². The maximum absolute atomic E-state index is 12.5. The third-order valence-corrected chi connectivity index (χ3v) is 3.44. The van der Waals surface area contributed by atoms with Crippen LogP contribution >= 0.6 is 12.2 Å². The molecule has 3 nitrogen and oxygen atoms in total. The Morgan fingerprint density at radius 3 is 2.33 bits per heavy atom. The zero-order chi connectivity index (χ0) is 17.7. The van der Waals surface area contributed by atoms with Crippen molar-refractivity contribution in [3.63, 3.8) is 0 Å². The van der Waals surface area contributed by atoms with Gasteiger partial charge in [-0.05, 0) is 55.4 Å². The summed E-state index contributed by atoms with van der Waals surface area (Å²) in [6.45, 7) is 3.96. The molecule has 0 aliphatic rings. The Morgan fingerprint density at radius 2 is 1.75 bits per heavy atom. The number of benzene rings is 2. The van der Waals surface area contributed by atoms with E-state index in [2.05, 4.69) is 15.8 Å². The summed E-state index contributed by atoms with van der Waals surface area (Å²) in [4.78, 5) is 0. The van der Waals surface area contributed by atoms with Gasteiger partial charge in [0, 0.05) is 5.69 Å². The van der Waals surface area contributed by atoms with Gasteiger partial charge in [-0.2, -0.15) is 18.3 Å². The van der Waals surface area contributed by atoms with E-state index in [1.54, 1.807) is 0 Å². The molecule has 2 rings (SSSR count). The summed E-state index contributed by atoms with van der Waals surface area (Å²) in [7, 11) is 0. The molecule has 0 aromatic heterocycles. The Balaban J connectivity index is 1.92. The second-order valence-electron chi connectivity index (χ2n) is 5.26. The van der Waals surface area contributed by atoms with E-state index in [1.807, 2.05) is 32.0 Å². The summed E-state index contributed by atoms with van der Waals surface area (Å²) in [6, 6.07) is 10.6. The van der Waals surface area contributed by atoms with Crippen molar-refractivity contribution in [3.8, 4) is 0 Å². The molecule has 0 aliphatic heterocycles. The predicted molar refractivity (Wildman–Crippen MR) is 94.3 cm³/mol. The van der Waals surface area contributed by atoms with Crippen LogP contribution in [0.3, 0.4) is 0 Å². The molecule has 0 atom stereocenters. The fourth-order valence-corrected chi connectivity index (χ4v) is 2.19. The maximum Gasteiger partial charge on any atom is 0.416 e. The van der Waals surface area contributed by atoms with E-state index in [4.69, 9.17) is 12.2 Å². The molecule has 2 aromatic carbocycles. The SMILES string of the molecule is Cc1ccc(NC(=S)N/N=C/c2ccc(C(F)(F)F)cc2)c(C)c1. The van der Waals surface area contributed by atoms with Gasteiger partial charge in [-0.25, -0.2) is 0 Å². The van der Waals surface area contributed by atoms with E-state index >= 15 is 0 Å². The number of hydrazone groups is 1. The van der Waals surface area contributed by atoms with Crippen molar-refractivity contribution in [3.05, 3.63) is 64.7 Å². The monoisotopic (exact) mass is 351 g/mol. The number of rotatable bonds is 3. The first kappa shape index (κ1) is 17.9. The molecule has 0 saturated carbocycles. The van der Waals surface area contributed by atoms with Crippen LogP contribution in [0, 0.1) is 13.8 Å². The summed E-state index contributed by atoms with van der Waals surface area (Å²) < 4.78 is 37.4. The van der Waals surface area contributed by atoms with Gasteiger partial charge in [0.15, 0.2) is 5.11 Å². The summed E-state index contributed by atoms with van der Waals surface area (Å²) in [6.07, 6.45) is -2.94. The van der Waals surface area contributed by atoms with Gasteiger partial charge in [0.2, 0.25) is 0 Å². The lowest BCUT2D eigenvalue weighted by Gasteiger charge is -2.10. The number of halogens is 3. The lowest BCUT2D eigenvalue weighted by Crippen LogP contribution is -2.24. The van der Waals surface area contributed by atoms with Crippen LogP contribution in [-0.4, -0.2) is 11.3 Å². The van der Waals surface area contributed by atoms with Gasteiger partial charge in [0.1, 0.15) is 0 Å². The molecule has 2 aromatic rings. The minimum Gasteiger partial charge on any atom is -0.331 e. The van der Waals surface area contributed by atoms with Crippen molar-refractivity contribution in [1.82, 2.24) is 5.43 Å². The highest BCUT2D eigenvalue weighted by Gasteiger charge is 2.29. The van der Waals surface area contributed by atoms with E-state index in [1.165, 1.54) is 18.3 Å². The molecule has 0 fully saturated rings. The number of hydrogen-bond donors (Lipinski definition) is 2. The zero-order valence-electron chi connectivity index (χ0n) is 13.1. The van der Waals surface area contributed by atoms with E-state index in [-0.39, 0.29) is 0 Å². The molecular weight excluding hydrogens is 335 g/mol. The highest BCUT2D eigenvalue weighted by Crippen LogP contribution is 2.28. The molecule has 126 valence electrons. The van der Waals surface area contributed by atoms with Crippen LogP contribution in [-0.2, 0) is 6.18 Å². The predicted octanol–water partition coefficient (Wildman–Crippen LogP) is 4.64. The van der Waals surface area contributed by atoms with Gasteiger partial charge in [0.05, 0.1) is 11.8 Å². The molecule has 0 aliphatic carbocycles. The third kappa shape index (κ3) is 5.06. The highest BCUT2D eigenvalue weighted by atomic mass is 32.1. The Bertz CT molecular complexity index is 753.